The Morgan fingerprint density at radius 3 is 2.19 bits per heavy atom. The predicted molar refractivity (Wildman–Crippen MR) is 110 cm³/mol. The van der Waals surface area contributed by atoms with Gasteiger partial charge < -0.3 is 15.3 Å². The Balaban J connectivity index is 1.51. The Hall–Kier alpha value is -2.73. The minimum atomic E-state index is -0.534. The van der Waals surface area contributed by atoms with E-state index < -0.39 is 5.60 Å². The summed E-state index contributed by atoms with van der Waals surface area (Å²) in [5.41, 5.74) is 4.40. The molecule has 0 radical (unpaired) electrons. The highest BCUT2D eigenvalue weighted by Crippen LogP contribution is 2.28. The van der Waals surface area contributed by atoms with Gasteiger partial charge in [0.2, 0.25) is 0 Å². The Kier molecular flexibility index (Phi) is 4.23. The number of nitrogens with zero attached hydrogens (tertiary/aromatic N) is 3. The molecule has 4 rings (SSSR count). The molecule has 2 aromatic carbocycles. The molecule has 0 saturated carbocycles. The van der Waals surface area contributed by atoms with Gasteiger partial charge in [-0.25, -0.2) is 4.79 Å². The average molecular weight is 366 g/mol. The van der Waals surface area contributed by atoms with E-state index in [2.05, 4.69) is 34.5 Å². The Morgan fingerprint density at radius 2 is 1.52 bits per heavy atom. The number of benzene rings is 2. The van der Waals surface area contributed by atoms with Crippen LogP contribution in [0.2, 0.25) is 0 Å². The van der Waals surface area contributed by atoms with Gasteiger partial charge in [-0.05, 0) is 62.2 Å². The first-order chi connectivity index (χ1) is 12.8. The first kappa shape index (κ1) is 17.7. The highest BCUT2D eigenvalue weighted by molar-refractivity contribution is 5.81. The van der Waals surface area contributed by atoms with Crippen LogP contribution in [0, 0.1) is 0 Å². The molecule has 2 N–H and O–H groups in total. The number of nitrogens with one attached hydrogen (secondary N) is 1. The van der Waals surface area contributed by atoms with E-state index in [0.717, 1.165) is 48.3 Å². The lowest BCUT2D eigenvalue weighted by atomic mass is 9.93. The van der Waals surface area contributed by atoms with Crippen molar-refractivity contribution in [2.45, 2.75) is 25.4 Å². The largest absolute Gasteiger partial charge is 0.390 e. The summed E-state index contributed by atoms with van der Waals surface area (Å²) < 4.78 is 3.32. The quantitative estimate of drug-likeness (QED) is 0.748. The van der Waals surface area contributed by atoms with Gasteiger partial charge in [0.05, 0.1) is 16.6 Å². The Bertz CT molecular complexity index is 1020. The molecule has 0 bridgehead atoms. The van der Waals surface area contributed by atoms with Gasteiger partial charge in [0.1, 0.15) is 0 Å². The second kappa shape index (κ2) is 6.46. The van der Waals surface area contributed by atoms with Crippen molar-refractivity contribution in [3.8, 4) is 0 Å². The zero-order valence-electron chi connectivity index (χ0n) is 16.1. The van der Waals surface area contributed by atoms with Gasteiger partial charge in [0.15, 0.2) is 0 Å². The van der Waals surface area contributed by atoms with Gasteiger partial charge in [0.25, 0.3) is 0 Å². The molecule has 1 aliphatic heterocycles. The summed E-state index contributed by atoms with van der Waals surface area (Å²) in [6, 6.07) is 14.3. The number of hydrogen-bond acceptors (Lipinski definition) is 4. The molecule has 6 heteroatoms. The zero-order valence-corrected chi connectivity index (χ0v) is 16.1. The molecule has 0 atom stereocenters. The molecule has 0 spiro atoms. The second-order valence-corrected chi connectivity index (χ2v) is 7.76. The molecule has 2 heterocycles. The number of imidazole rings is 1. The van der Waals surface area contributed by atoms with Gasteiger partial charge in [-0.2, -0.15) is 0 Å². The third kappa shape index (κ3) is 3.32. The fraction of sp³-hybridized carbons (Fsp3) is 0.381. The number of fused-ring (bicyclic) bond motifs is 1. The molecule has 3 aromatic rings. The monoisotopic (exact) mass is 366 g/mol. The van der Waals surface area contributed by atoms with Crippen LogP contribution >= 0.6 is 0 Å². The molecule has 1 aliphatic rings. The third-order valence-electron chi connectivity index (χ3n) is 5.63. The maximum absolute atomic E-state index is 12.1. The summed E-state index contributed by atoms with van der Waals surface area (Å²) >= 11 is 0. The lowest BCUT2D eigenvalue weighted by Crippen LogP contribution is -2.42. The smallest absolute Gasteiger partial charge is 0.328 e. The summed E-state index contributed by atoms with van der Waals surface area (Å²) in [6.07, 6.45) is 1.59. The van der Waals surface area contributed by atoms with Crippen LogP contribution in [-0.4, -0.2) is 32.9 Å². The van der Waals surface area contributed by atoms with Crippen LogP contribution < -0.4 is 15.9 Å². The molecule has 27 heavy (non-hydrogen) atoms. The van der Waals surface area contributed by atoms with Crippen LogP contribution in [0.4, 0.5) is 17.1 Å². The van der Waals surface area contributed by atoms with Crippen molar-refractivity contribution in [3.05, 3.63) is 52.9 Å². The van der Waals surface area contributed by atoms with Crippen molar-refractivity contribution in [2.24, 2.45) is 14.1 Å². The predicted octanol–water partition coefficient (Wildman–Crippen LogP) is 2.97. The van der Waals surface area contributed by atoms with Crippen molar-refractivity contribution < 1.29 is 5.11 Å². The summed E-state index contributed by atoms with van der Waals surface area (Å²) in [4.78, 5) is 14.4. The maximum atomic E-state index is 12.1. The summed E-state index contributed by atoms with van der Waals surface area (Å²) in [7, 11) is 3.58. The fourth-order valence-corrected chi connectivity index (χ4v) is 3.75. The lowest BCUT2D eigenvalue weighted by Gasteiger charge is -2.37. The number of aliphatic hydroxyl groups is 1. The highest BCUT2D eigenvalue weighted by atomic mass is 16.3. The summed E-state index contributed by atoms with van der Waals surface area (Å²) in [5.74, 6) is 0. The zero-order chi connectivity index (χ0) is 19.2. The maximum Gasteiger partial charge on any atom is 0.328 e. The first-order valence-corrected chi connectivity index (χ1v) is 9.34. The number of aromatic nitrogens is 2. The summed E-state index contributed by atoms with van der Waals surface area (Å²) in [6.45, 7) is 3.66. The molecule has 1 fully saturated rings. The normalized spacial score (nSPS) is 16.7. The van der Waals surface area contributed by atoms with Crippen molar-refractivity contribution >= 4 is 28.1 Å². The fourth-order valence-electron chi connectivity index (χ4n) is 3.75. The van der Waals surface area contributed by atoms with Gasteiger partial charge in [0, 0.05) is 44.2 Å². The van der Waals surface area contributed by atoms with Crippen molar-refractivity contribution in [2.75, 3.05) is 23.3 Å². The minimum absolute atomic E-state index is 0.0213. The molecular weight excluding hydrogens is 340 g/mol. The minimum Gasteiger partial charge on any atom is -0.390 e. The van der Waals surface area contributed by atoms with Crippen LogP contribution in [0.1, 0.15) is 19.8 Å². The second-order valence-electron chi connectivity index (χ2n) is 7.76. The molecule has 0 aliphatic carbocycles. The third-order valence-corrected chi connectivity index (χ3v) is 5.63. The average Bonchev–Trinajstić information content (AvgIpc) is 2.87. The van der Waals surface area contributed by atoms with Gasteiger partial charge in [-0.15, -0.1) is 0 Å². The molecule has 1 aromatic heterocycles. The van der Waals surface area contributed by atoms with Crippen LogP contribution in [-0.2, 0) is 14.1 Å². The van der Waals surface area contributed by atoms with Crippen LogP contribution in [0.25, 0.3) is 11.0 Å². The van der Waals surface area contributed by atoms with Crippen LogP contribution in [0.15, 0.2) is 47.3 Å². The lowest BCUT2D eigenvalue weighted by molar-refractivity contribution is 0.0351. The molecule has 0 amide bonds. The highest BCUT2D eigenvalue weighted by Gasteiger charge is 2.27. The van der Waals surface area contributed by atoms with E-state index in [1.807, 2.05) is 25.1 Å². The standard InChI is InChI=1S/C21H26N4O2/c1-21(27)10-12-25(13-11-21)17-7-4-15(5-8-17)22-16-6-9-18-19(14-16)24(3)20(26)23(18)2/h4-9,14,22,27H,10-13H2,1-3H3. The molecule has 142 valence electrons. The van der Waals surface area contributed by atoms with E-state index in [1.54, 1.807) is 23.2 Å². The molecule has 0 unspecified atom stereocenters. The van der Waals surface area contributed by atoms with E-state index in [-0.39, 0.29) is 5.69 Å². The number of anilines is 3. The Labute approximate surface area is 158 Å². The van der Waals surface area contributed by atoms with Crippen molar-refractivity contribution in [1.82, 2.24) is 9.13 Å². The number of aryl methyl sites for hydroxylation is 2. The van der Waals surface area contributed by atoms with Gasteiger partial charge in [-0.1, -0.05) is 0 Å². The molecular formula is C21H26N4O2. The van der Waals surface area contributed by atoms with Gasteiger partial charge >= 0.3 is 5.69 Å². The SMILES string of the molecule is Cn1c(=O)n(C)c2cc(Nc3ccc(N4CCC(C)(O)CC4)cc3)ccc21. The van der Waals surface area contributed by atoms with Crippen LogP contribution in [0.5, 0.6) is 0 Å². The number of piperidine rings is 1. The number of rotatable bonds is 3. The van der Waals surface area contributed by atoms with Gasteiger partial charge in [-0.3, -0.25) is 9.13 Å². The van der Waals surface area contributed by atoms with Crippen molar-refractivity contribution in [1.29, 1.82) is 0 Å². The van der Waals surface area contributed by atoms with E-state index in [1.165, 1.54) is 5.69 Å². The van der Waals surface area contributed by atoms with E-state index >= 15 is 0 Å². The summed E-state index contributed by atoms with van der Waals surface area (Å²) in [5, 5.41) is 13.5. The number of hydrogen-bond donors (Lipinski definition) is 2. The van der Waals surface area contributed by atoms with Crippen LogP contribution in [0.3, 0.4) is 0 Å². The Morgan fingerprint density at radius 1 is 0.926 bits per heavy atom. The van der Waals surface area contributed by atoms with E-state index in [0.29, 0.717) is 0 Å². The first-order valence-electron chi connectivity index (χ1n) is 9.34. The topological polar surface area (TPSA) is 62.4 Å². The van der Waals surface area contributed by atoms with Crippen molar-refractivity contribution in [3.63, 3.8) is 0 Å². The van der Waals surface area contributed by atoms with E-state index in [4.69, 9.17) is 0 Å². The van der Waals surface area contributed by atoms with E-state index in [9.17, 15) is 9.90 Å². The molecule has 6 nitrogen and oxygen atoms in total. The molecule has 1 saturated heterocycles.